The van der Waals surface area contributed by atoms with E-state index in [0.717, 1.165) is 22.2 Å². The van der Waals surface area contributed by atoms with E-state index in [2.05, 4.69) is 15.3 Å². The first-order chi connectivity index (χ1) is 18.9. The number of carbonyl (C=O) groups is 2. The average molecular weight is 531 g/mol. The van der Waals surface area contributed by atoms with Gasteiger partial charge in [-0.3, -0.25) is 19.1 Å². The van der Waals surface area contributed by atoms with Crippen molar-refractivity contribution in [3.05, 3.63) is 76.4 Å². The molecule has 2 aromatic carbocycles. The van der Waals surface area contributed by atoms with E-state index in [1.54, 1.807) is 29.0 Å². The minimum atomic E-state index is -0.774. The van der Waals surface area contributed by atoms with E-state index in [9.17, 15) is 14.4 Å². The van der Waals surface area contributed by atoms with Crippen LogP contribution in [0.25, 0.3) is 11.0 Å². The molecule has 0 unspecified atom stereocenters. The summed E-state index contributed by atoms with van der Waals surface area (Å²) in [5.41, 5.74) is 9.63. The van der Waals surface area contributed by atoms with E-state index in [4.69, 9.17) is 10.5 Å². The van der Waals surface area contributed by atoms with Crippen molar-refractivity contribution in [3.63, 3.8) is 0 Å². The highest BCUT2D eigenvalue weighted by Crippen LogP contribution is 2.25. The van der Waals surface area contributed by atoms with Gasteiger partial charge in [0.2, 0.25) is 11.8 Å². The SMILES string of the molecule is COc1ccc(C[C@@H](NC(=O)[C@@H](N)CC2=CN=CC2)C(=O)N2CCC(n3c(=O)[nH]c4ccccc43)CC2)cc1. The summed E-state index contributed by atoms with van der Waals surface area (Å²) >= 11 is 0. The Labute approximate surface area is 226 Å². The molecule has 2 aliphatic rings. The van der Waals surface area contributed by atoms with Gasteiger partial charge < -0.3 is 25.7 Å². The molecule has 1 saturated heterocycles. The summed E-state index contributed by atoms with van der Waals surface area (Å²) in [5.74, 6) is 0.198. The first kappa shape index (κ1) is 26.4. The Morgan fingerprint density at radius 1 is 1.13 bits per heavy atom. The molecule has 1 aromatic heterocycles. The van der Waals surface area contributed by atoms with Crippen molar-refractivity contribution in [2.45, 2.75) is 50.2 Å². The van der Waals surface area contributed by atoms with Crippen LogP contribution in [0.1, 0.15) is 37.3 Å². The van der Waals surface area contributed by atoms with Crippen LogP contribution in [0.5, 0.6) is 5.75 Å². The number of hydrogen-bond acceptors (Lipinski definition) is 6. The molecule has 3 aromatic rings. The number of aliphatic imine (C=N–C) groups is 1. The van der Waals surface area contributed by atoms with Gasteiger partial charge in [0.1, 0.15) is 11.8 Å². The highest BCUT2D eigenvalue weighted by atomic mass is 16.5. The van der Waals surface area contributed by atoms with Gasteiger partial charge in [0.15, 0.2) is 0 Å². The monoisotopic (exact) mass is 530 g/mol. The minimum absolute atomic E-state index is 0.0114. The van der Waals surface area contributed by atoms with Crippen molar-refractivity contribution in [2.75, 3.05) is 20.2 Å². The van der Waals surface area contributed by atoms with Crippen LogP contribution in [0.15, 0.2) is 70.1 Å². The number of para-hydroxylation sites is 2. The number of piperidine rings is 1. The number of H-pyrrole nitrogens is 1. The van der Waals surface area contributed by atoms with Crippen LogP contribution in [0.4, 0.5) is 0 Å². The topological polar surface area (TPSA) is 135 Å². The number of likely N-dealkylation sites (tertiary alicyclic amines) is 1. The molecule has 0 aliphatic carbocycles. The molecule has 1 fully saturated rings. The van der Waals surface area contributed by atoms with Gasteiger partial charge in [-0.1, -0.05) is 24.3 Å². The molecule has 39 heavy (non-hydrogen) atoms. The number of imidazole rings is 1. The molecule has 0 radical (unpaired) electrons. The lowest BCUT2D eigenvalue weighted by Crippen LogP contribution is -2.55. The van der Waals surface area contributed by atoms with Crippen molar-refractivity contribution in [1.29, 1.82) is 0 Å². The van der Waals surface area contributed by atoms with Crippen molar-refractivity contribution in [3.8, 4) is 5.75 Å². The maximum atomic E-state index is 13.7. The summed E-state index contributed by atoms with van der Waals surface area (Å²) in [7, 11) is 1.60. The van der Waals surface area contributed by atoms with Crippen LogP contribution in [0, 0.1) is 0 Å². The molecule has 3 heterocycles. The molecule has 204 valence electrons. The van der Waals surface area contributed by atoms with Gasteiger partial charge in [-0.25, -0.2) is 4.79 Å². The van der Waals surface area contributed by atoms with Gasteiger partial charge >= 0.3 is 5.69 Å². The predicted molar refractivity (Wildman–Crippen MR) is 150 cm³/mol. The summed E-state index contributed by atoms with van der Waals surface area (Å²) < 4.78 is 7.05. The zero-order valence-corrected chi connectivity index (χ0v) is 22.0. The van der Waals surface area contributed by atoms with Gasteiger partial charge in [0.05, 0.1) is 24.2 Å². The Morgan fingerprint density at radius 3 is 2.56 bits per heavy atom. The lowest BCUT2D eigenvalue weighted by Gasteiger charge is -2.35. The zero-order valence-electron chi connectivity index (χ0n) is 22.0. The van der Waals surface area contributed by atoms with Crippen LogP contribution in [-0.4, -0.2) is 64.8 Å². The highest BCUT2D eigenvalue weighted by molar-refractivity contribution is 5.90. The number of nitrogens with one attached hydrogen (secondary N) is 2. The lowest BCUT2D eigenvalue weighted by molar-refractivity contribution is -0.137. The molecular weight excluding hydrogens is 496 g/mol. The van der Waals surface area contributed by atoms with E-state index >= 15 is 0 Å². The summed E-state index contributed by atoms with van der Waals surface area (Å²) in [5, 5.41) is 2.92. The van der Waals surface area contributed by atoms with Crippen molar-refractivity contribution in [2.24, 2.45) is 10.7 Å². The summed E-state index contributed by atoms with van der Waals surface area (Å²) in [4.78, 5) is 48.2. The average Bonchev–Trinajstić information content (AvgIpc) is 3.59. The Balaban J connectivity index is 1.28. The molecule has 2 atom stereocenters. The third-order valence-electron chi connectivity index (χ3n) is 7.51. The number of carbonyl (C=O) groups excluding carboxylic acids is 2. The second kappa shape index (κ2) is 11.7. The number of nitrogens with zero attached hydrogens (tertiary/aromatic N) is 3. The standard InChI is InChI=1S/C29H34N6O4/c1-39-22-8-6-19(7-9-22)17-25(32-27(36)23(30)16-20-10-13-31-18-20)28(37)34-14-11-21(12-15-34)35-26-5-3-2-4-24(26)33-29(35)38/h2-9,13,18,21,23,25H,10-12,14-17,30H2,1H3,(H,32,36)(H,33,38)/t23-,25+/m0/s1. The van der Waals surface area contributed by atoms with Gasteiger partial charge in [-0.05, 0) is 54.7 Å². The van der Waals surface area contributed by atoms with E-state index in [1.165, 1.54) is 0 Å². The zero-order chi connectivity index (χ0) is 27.4. The molecule has 0 bridgehead atoms. The van der Waals surface area contributed by atoms with Crippen molar-refractivity contribution < 1.29 is 14.3 Å². The maximum Gasteiger partial charge on any atom is 0.326 e. The summed E-state index contributed by atoms with van der Waals surface area (Å²) in [6, 6.07) is 13.5. The normalized spacial score (nSPS) is 17.2. The predicted octanol–water partition coefficient (Wildman–Crippen LogP) is 2.30. The molecule has 2 aliphatic heterocycles. The number of ether oxygens (including phenoxy) is 1. The van der Waals surface area contributed by atoms with E-state index in [1.807, 2.05) is 48.5 Å². The molecule has 10 nitrogen and oxygen atoms in total. The smallest absolute Gasteiger partial charge is 0.326 e. The fourth-order valence-electron chi connectivity index (χ4n) is 5.37. The lowest BCUT2D eigenvalue weighted by atomic mass is 9.99. The fraction of sp³-hybridized carbons (Fsp3) is 0.379. The Bertz CT molecular complexity index is 1450. The molecular formula is C29H34N6O4. The van der Waals surface area contributed by atoms with Crippen LogP contribution in [-0.2, 0) is 16.0 Å². The molecule has 5 rings (SSSR count). The summed E-state index contributed by atoms with van der Waals surface area (Å²) in [6.07, 6.45) is 6.20. The van der Waals surface area contributed by atoms with Crippen LogP contribution < -0.4 is 21.5 Å². The molecule has 0 saturated carbocycles. The number of fused-ring (bicyclic) bond motifs is 1. The van der Waals surface area contributed by atoms with E-state index in [-0.39, 0.29) is 23.5 Å². The number of hydrogen-bond donors (Lipinski definition) is 3. The number of nitrogens with two attached hydrogens (primary N) is 1. The Kier molecular flexibility index (Phi) is 7.92. The Hall–Kier alpha value is -4.18. The molecule has 0 spiro atoms. The third-order valence-corrected chi connectivity index (χ3v) is 7.51. The number of amides is 2. The first-order valence-electron chi connectivity index (χ1n) is 13.3. The van der Waals surface area contributed by atoms with Crippen molar-refractivity contribution >= 4 is 29.1 Å². The molecule has 10 heteroatoms. The number of aromatic nitrogens is 2. The van der Waals surface area contributed by atoms with E-state index in [0.29, 0.717) is 50.9 Å². The molecule has 4 N–H and O–H groups in total. The second-order valence-corrected chi connectivity index (χ2v) is 10.1. The van der Waals surface area contributed by atoms with Gasteiger partial charge in [0, 0.05) is 44.4 Å². The van der Waals surface area contributed by atoms with E-state index < -0.39 is 12.1 Å². The molecule has 2 amide bonds. The number of benzene rings is 2. The fourth-order valence-corrected chi connectivity index (χ4v) is 5.37. The van der Waals surface area contributed by atoms with Gasteiger partial charge in [-0.15, -0.1) is 0 Å². The minimum Gasteiger partial charge on any atom is -0.497 e. The van der Waals surface area contributed by atoms with Gasteiger partial charge in [-0.2, -0.15) is 0 Å². The van der Waals surface area contributed by atoms with Crippen LogP contribution in [0.3, 0.4) is 0 Å². The largest absolute Gasteiger partial charge is 0.497 e. The first-order valence-corrected chi connectivity index (χ1v) is 13.3. The summed E-state index contributed by atoms with van der Waals surface area (Å²) in [6.45, 7) is 0.974. The number of aromatic amines is 1. The van der Waals surface area contributed by atoms with Crippen LogP contribution >= 0.6 is 0 Å². The highest BCUT2D eigenvalue weighted by Gasteiger charge is 2.32. The van der Waals surface area contributed by atoms with Crippen LogP contribution in [0.2, 0.25) is 0 Å². The Morgan fingerprint density at radius 2 is 1.87 bits per heavy atom. The van der Waals surface area contributed by atoms with Gasteiger partial charge in [0.25, 0.3) is 0 Å². The third kappa shape index (κ3) is 5.96. The quantitative estimate of drug-likeness (QED) is 0.390. The second-order valence-electron chi connectivity index (χ2n) is 10.1. The van der Waals surface area contributed by atoms with Crippen molar-refractivity contribution in [1.82, 2.24) is 19.8 Å². The number of rotatable bonds is 9. The number of methoxy groups -OCH3 is 1. The maximum absolute atomic E-state index is 13.7.